The van der Waals surface area contributed by atoms with E-state index in [1.54, 1.807) is 6.20 Å². The Morgan fingerprint density at radius 1 is 1.26 bits per heavy atom. The minimum atomic E-state index is -1.66. The summed E-state index contributed by atoms with van der Waals surface area (Å²) in [6, 6.07) is 2.99. The third kappa shape index (κ3) is 3.26. The summed E-state index contributed by atoms with van der Waals surface area (Å²) in [7, 11) is 0. The molecule has 0 aliphatic carbocycles. The van der Waals surface area contributed by atoms with E-state index in [4.69, 9.17) is 0 Å². The molecule has 2 aliphatic rings. The van der Waals surface area contributed by atoms with Crippen LogP contribution in [0, 0.1) is 6.92 Å². The zero-order valence-electron chi connectivity index (χ0n) is 15.0. The summed E-state index contributed by atoms with van der Waals surface area (Å²) < 4.78 is 29.7. The van der Waals surface area contributed by atoms with Gasteiger partial charge in [0.1, 0.15) is 11.9 Å². The van der Waals surface area contributed by atoms with Gasteiger partial charge < -0.3 is 4.90 Å². The Balaban J connectivity index is 1.61. The second-order valence-corrected chi connectivity index (χ2v) is 7.22. The van der Waals surface area contributed by atoms with Gasteiger partial charge in [-0.05, 0) is 31.4 Å². The molecule has 4 heterocycles. The van der Waals surface area contributed by atoms with Crippen LogP contribution in [-0.4, -0.2) is 55.6 Å². The summed E-state index contributed by atoms with van der Waals surface area (Å²) in [4.78, 5) is 31.1. The lowest BCUT2D eigenvalue weighted by molar-refractivity contribution is -0.134. The molecule has 144 valence electrons. The molecule has 1 fully saturated rings. The summed E-state index contributed by atoms with van der Waals surface area (Å²) in [6.07, 6.45) is 0.125. The van der Waals surface area contributed by atoms with Crippen molar-refractivity contribution in [2.45, 2.75) is 51.1 Å². The summed E-state index contributed by atoms with van der Waals surface area (Å²) in [5.41, 5.74) is 1.33. The Labute approximate surface area is 154 Å². The second-order valence-electron chi connectivity index (χ2n) is 7.22. The van der Waals surface area contributed by atoms with E-state index in [2.05, 4.69) is 10.1 Å². The number of rotatable bonds is 3. The highest BCUT2D eigenvalue weighted by Gasteiger charge is 2.40. The van der Waals surface area contributed by atoms with Gasteiger partial charge in [-0.3, -0.25) is 14.3 Å². The van der Waals surface area contributed by atoms with Gasteiger partial charge in [0.2, 0.25) is 5.91 Å². The van der Waals surface area contributed by atoms with Crippen molar-refractivity contribution in [2.24, 2.45) is 0 Å². The number of likely N-dealkylation sites (tertiary alicyclic amines) is 1. The lowest BCUT2D eigenvalue weighted by atomic mass is 10.0. The van der Waals surface area contributed by atoms with Crippen LogP contribution in [-0.2, 0) is 17.8 Å². The highest BCUT2D eigenvalue weighted by Crippen LogP contribution is 2.27. The smallest absolute Gasteiger partial charge is 0.335 e. The quantitative estimate of drug-likeness (QED) is 0.806. The normalized spacial score (nSPS) is 24.9. The SMILES string of the molecule is Cc1ccc(Cn2nc3n(c2=O)[C@H](C(=O)N2CC(F)C(F)C2)CCC3)cn1. The van der Waals surface area contributed by atoms with E-state index < -0.39 is 24.3 Å². The number of fused-ring (bicyclic) bond motifs is 1. The Bertz CT molecular complexity index is 897. The zero-order valence-corrected chi connectivity index (χ0v) is 15.0. The average molecular weight is 377 g/mol. The lowest BCUT2D eigenvalue weighted by Gasteiger charge is -2.26. The Kier molecular flexibility index (Phi) is 4.53. The van der Waals surface area contributed by atoms with Crippen molar-refractivity contribution >= 4 is 5.91 Å². The van der Waals surface area contributed by atoms with Gasteiger partial charge >= 0.3 is 5.69 Å². The maximum atomic E-state index is 13.5. The number of carbonyl (C=O) groups excluding carboxylic acids is 1. The summed E-state index contributed by atoms with van der Waals surface area (Å²) >= 11 is 0. The van der Waals surface area contributed by atoms with Crippen LogP contribution < -0.4 is 5.69 Å². The number of hydrogen-bond donors (Lipinski definition) is 0. The molecule has 2 aromatic rings. The first kappa shape index (κ1) is 17.8. The van der Waals surface area contributed by atoms with Gasteiger partial charge in [-0.25, -0.2) is 18.3 Å². The molecule has 9 heteroatoms. The zero-order chi connectivity index (χ0) is 19.1. The molecule has 4 rings (SSSR count). The first-order chi connectivity index (χ1) is 12.9. The minimum absolute atomic E-state index is 0.260. The van der Waals surface area contributed by atoms with E-state index in [0.717, 1.165) is 11.3 Å². The molecule has 0 saturated carbocycles. The van der Waals surface area contributed by atoms with Crippen molar-refractivity contribution in [2.75, 3.05) is 13.1 Å². The van der Waals surface area contributed by atoms with Gasteiger partial charge in [0.25, 0.3) is 0 Å². The number of halogens is 2. The van der Waals surface area contributed by atoms with E-state index in [9.17, 15) is 18.4 Å². The van der Waals surface area contributed by atoms with E-state index >= 15 is 0 Å². The molecule has 27 heavy (non-hydrogen) atoms. The molecule has 0 radical (unpaired) electrons. The molecule has 0 N–H and O–H groups in total. The Morgan fingerprint density at radius 2 is 2.00 bits per heavy atom. The number of alkyl halides is 2. The van der Waals surface area contributed by atoms with Crippen molar-refractivity contribution in [3.05, 3.63) is 45.9 Å². The summed E-state index contributed by atoms with van der Waals surface area (Å²) in [5, 5.41) is 4.38. The molecule has 0 aromatic carbocycles. The van der Waals surface area contributed by atoms with Crippen LogP contribution in [0.15, 0.2) is 23.1 Å². The van der Waals surface area contributed by atoms with Crippen LogP contribution in [0.25, 0.3) is 0 Å². The van der Waals surface area contributed by atoms with Crippen LogP contribution in [0.2, 0.25) is 0 Å². The standard InChI is InChI=1S/C18H21F2N5O2/c1-11-5-6-12(7-21-11)8-24-18(27)25-15(3-2-4-16(25)22-24)17(26)23-9-13(19)14(20)10-23/h5-7,13-15H,2-4,8-10H2,1H3/t13?,14?,15-/m0/s1. The van der Waals surface area contributed by atoms with Crippen LogP contribution in [0.5, 0.6) is 0 Å². The van der Waals surface area contributed by atoms with Crippen LogP contribution in [0.4, 0.5) is 8.78 Å². The number of pyridine rings is 1. The molecule has 1 saturated heterocycles. The third-order valence-electron chi connectivity index (χ3n) is 5.21. The van der Waals surface area contributed by atoms with Crippen molar-refractivity contribution in [3.63, 3.8) is 0 Å². The monoisotopic (exact) mass is 377 g/mol. The van der Waals surface area contributed by atoms with Crippen molar-refractivity contribution in [1.29, 1.82) is 0 Å². The maximum absolute atomic E-state index is 13.5. The maximum Gasteiger partial charge on any atom is 0.346 e. The first-order valence-electron chi connectivity index (χ1n) is 9.10. The van der Waals surface area contributed by atoms with Gasteiger partial charge in [-0.15, -0.1) is 0 Å². The van der Waals surface area contributed by atoms with E-state index in [-0.39, 0.29) is 25.3 Å². The van der Waals surface area contributed by atoms with Gasteiger partial charge in [0, 0.05) is 18.3 Å². The molecule has 0 bridgehead atoms. The fourth-order valence-corrected chi connectivity index (χ4v) is 3.75. The number of carbonyl (C=O) groups is 1. The molecule has 2 aliphatic heterocycles. The van der Waals surface area contributed by atoms with Crippen molar-refractivity contribution < 1.29 is 13.6 Å². The fourth-order valence-electron chi connectivity index (χ4n) is 3.75. The molecule has 3 atom stereocenters. The van der Waals surface area contributed by atoms with Crippen molar-refractivity contribution in [1.82, 2.24) is 24.2 Å². The third-order valence-corrected chi connectivity index (χ3v) is 5.21. The van der Waals surface area contributed by atoms with Crippen LogP contribution in [0.1, 0.15) is 36.0 Å². The number of aryl methyl sites for hydroxylation is 2. The molecule has 1 amide bonds. The van der Waals surface area contributed by atoms with E-state index in [0.29, 0.717) is 25.1 Å². The first-order valence-corrected chi connectivity index (χ1v) is 9.10. The topological polar surface area (TPSA) is 73.0 Å². The lowest BCUT2D eigenvalue weighted by Crippen LogP contribution is -2.42. The van der Waals surface area contributed by atoms with E-state index in [1.165, 1.54) is 14.1 Å². The van der Waals surface area contributed by atoms with E-state index in [1.807, 2.05) is 19.1 Å². The number of hydrogen-bond acceptors (Lipinski definition) is 4. The number of nitrogens with zero attached hydrogens (tertiary/aromatic N) is 5. The summed E-state index contributed by atoms with van der Waals surface area (Å²) in [6.45, 7) is 1.62. The highest BCUT2D eigenvalue weighted by molar-refractivity contribution is 5.81. The van der Waals surface area contributed by atoms with Gasteiger partial charge in [0.05, 0.1) is 19.6 Å². The molecular weight excluding hydrogens is 356 g/mol. The average Bonchev–Trinajstić information content (AvgIpc) is 3.16. The summed E-state index contributed by atoms with van der Waals surface area (Å²) in [5.74, 6) is 0.134. The Morgan fingerprint density at radius 3 is 2.67 bits per heavy atom. The van der Waals surface area contributed by atoms with Crippen LogP contribution >= 0.6 is 0 Å². The molecule has 0 spiro atoms. The number of amides is 1. The molecular formula is C18H21F2N5O2. The highest BCUT2D eigenvalue weighted by atomic mass is 19.2. The molecule has 2 aromatic heterocycles. The largest absolute Gasteiger partial charge is 0.346 e. The van der Waals surface area contributed by atoms with Gasteiger partial charge in [0.15, 0.2) is 12.3 Å². The predicted molar refractivity (Wildman–Crippen MR) is 92.9 cm³/mol. The van der Waals surface area contributed by atoms with Crippen LogP contribution in [0.3, 0.4) is 0 Å². The van der Waals surface area contributed by atoms with Crippen molar-refractivity contribution in [3.8, 4) is 0 Å². The number of aromatic nitrogens is 4. The Hall–Kier alpha value is -2.58. The van der Waals surface area contributed by atoms with Gasteiger partial charge in [-0.2, -0.15) is 5.10 Å². The minimum Gasteiger partial charge on any atom is -0.335 e. The molecule has 2 unspecified atom stereocenters. The molecule has 7 nitrogen and oxygen atoms in total. The second kappa shape index (κ2) is 6.86. The van der Waals surface area contributed by atoms with Gasteiger partial charge in [-0.1, -0.05) is 6.07 Å². The fraction of sp³-hybridized carbons (Fsp3) is 0.556. The predicted octanol–water partition coefficient (Wildman–Crippen LogP) is 1.19.